The van der Waals surface area contributed by atoms with E-state index in [2.05, 4.69) is 0 Å². The molecule has 0 atom stereocenters. The maximum absolute atomic E-state index is 15.0. The van der Waals surface area contributed by atoms with Crippen LogP contribution in [0.5, 0.6) is 11.5 Å². The maximum atomic E-state index is 15.0. The van der Waals surface area contributed by atoms with Crippen LogP contribution in [0, 0.1) is 0 Å². The molecule has 0 aliphatic rings. The third kappa shape index (κ3) is 4.06. The first-order chi connectivity index (χ1) is 18.2. The Morgan fingerprint density at radius 2 is 0.622 bits per heavy atom. The third-order valence-corrected chi connectivity index (χ3v) is 28.4. The third-order valence-electron chi connectivity index (χ3n) is 6.44. The van der Waals surface area contributed by atoms with Crippen molar-refractivity contribution < 1.29 is 19.1 Å². The molecule has 37 heavy (non-hydrogen) atoms. The van der Waals surface area contributed by atoms with Gasteiger partial charge in [0.1, 0.15) is 0 Å². The second-order valence-corrected chi connectivity index (χ2v) is 26.0. The molecule has 0 aliphatic heterocycles. The van der Waals surface area contributed by atoms with Crippen LogP contribution < -0.4 is 19.3 Å². The summed E-state index contributed by atoms with van der Waals surface area (Å²) in [5.41, 5.74) is 0. The van der Waals surface area contributed by atoms with Gasteiger partial charge < -0.3 is 0 Å². The molecule has 5 aromatic carbocycles. The van der Waals surface area contributed by atoms with E-state index in [9.17, 15) is 9.59 Å². The molecule has 0 bridgehead atoms. The van der Waals surface area contributed by atoms with Crippen LogP contribution in [0.15, 0.2) is 152 Å². The normalized spacial score (nSPS) is 12.1. The summed E-state index contributed by atoms with van der Waals surface area (Å²) in [7, 11) is 0. The zero-order valence-electron chi connectivity index (χ0n) is 20.0. The Bertz CT molecular complexity index is 1330. The molecule has 0 N–H and O–H groups in total. The summed E-state index contributed by atoms with van der Waals surface area (Å²) in [5, 5.41) is 0. The number of ether oxygens (including phenoxy) is 2. The first kappa shape index (κ1) is 24.6. The van der Waals surface area contributed by atoms with Gasteiger partial charge in [0, 0.05) is 0 Å². The van der Waals surface area contributed by atoms with Crippen LogP contribution in [0.4, 0.5) is 9.59 Å². The molecule has 0 aliphatic carbocycles. The minimum absolute atomic E-state index is 0.365. The van der Waals surface area contributed by atoms with Crippen molar-refractivity contribution in [1.82, 2.24) is 0 Å². The van der Waals surface area contributed by atoms with Crippen molar-refractivity contribution in [2.75, 3.05) is 0 Å². The van der Waals surface area contributed by atoms with E-state index in [1.165, 1.54) is 0 Å². The van der Waals surface area contributed by atoms with Crippen molar-refractivity contribution in [3.05, 3.63) is 152 Å². The first-order valence-corrected chi connectivity index (χ1v) is 20.6. The number of carbonyl (C=O) groups is 2. The van der Waals surface area contributed by atoms with E-state index >= 15 is 0 Å². The van der Waals surface area contributed by atoms with E-state index < -0.39 is 26.1 Å². The first-order valence-electron chi connectivity index (χ1n) is 11.9. The van der Waals surface area contributed by atoms with Gasteiger partial charge in [0.2, 0.25) is 0 Å². The summed E-state index contributed by atoms with van der Waals surface area (Å²) in [4.78, 5) is 29.9. The van der Waals surface area contributed by atoms with Gasteiger partial charge in [-0.25, -0.2) is 0 Å². The summed E-state index contributed by atoms with van der Waals surface area (Å²) in [6.45, 7) is 0. The van der Waals surface area contributed by atoms with Gasteiger partial charge in [0.15, 0.2) is 0 Å². The molecule has 5 rings (SSSR count). The van der Waals surface area contributed by atoms with Crippen LogP contribution in [-0.2, 0) is 0 Å². The monoisotopic (exact) mass is 682 g/mol. The molecule has 0 amide bonds. The molecule has 182 valence electrons. The molecule has 0 saturated heterocycles. The molecule has 0 saturated carbocycles. The minimum atomic E-state index is -6.24. The molecular weight excluding hydrogens is 657 g/mol. The zero-order valence-corrected chi connectivity index (χ0v) is 23.5. The summed E-state index contributed by atoms with van der Waals surface area (Å²) in [5.74, 6) is 0.730. The molecule has 5 heteroatoms. The summed E-state index contributed by atoms with van der Waals surface area (Å²) < 4.78 is 13.0. The Kier molecular flexibility index (Phi) is 6.98. The summed E-state index contributed by atoms with van der Waals surface area (Å²) in [6.07, 6.45) is 0. The number of hydrogen-bond acceptors (Lipinski definition) is 4. The van der Waals surface area contributed by atoms with E-state index in [0.29, 0.717) is 21.3 Å². The van der Waals surface area contributed by atoms with Crippen LogP contribution in [0.2, 0.25) is 0 Å². The number of rotatable bonds is 7. The standard InChI is InChI=1S/2C7H5O2.3C6H5.Bi/c2*8-6-9-7-4-2-1-3-5-7;3*1-2-4-6-5-3-1;/h2*1-5H;3*1-5H;. The molecule has 0 radical (unpaired) electrons. The van der Waals surface area contributed by atoms with Crippen molar-refractivity contribution in [2.45, 2.75) is 0 Å². The predicted molar refractivity (Wildman–Crippen MR) is 149 cm³/mol. The van der Waals surface area contributed by atoms with Crippen LogP contribution in [0.3, 0.4) is 0 Å². The van der Waals surface area contributed by atoms with Gasteiger partial charge in [-0.3, -0.25) is 0 Å². The van der Waals surface area contributed by atoms with E-state index in [0.717, 1.165) is 0 Å². The fourth-order valence-electron chi connectivity index (χ4n) is 4.69. The van der Waals surface area contributed by atoms with Crippen LogP contribution in [0.25, 0.3) is 0 Å². The zero-order chi connectivity index (χ0) is 25.6. The van der Waals surface area contributed by atoms with Crippen LogP contribution in [0.1, 0.15) is 0 Å². The average molecular weight is 683 g/mol. The van der Waals surface area contributed by atoms with Gasteiger partial charge in [-0.05, 0) is 0 Å². The molecule has 0 heterocycles. The Labute approximate surface area is 217 Å². The van der Waals surface area contributed by atoms with E-state index in [1.807, 2.05) is 103 Å². The molecule has 0 unspecified atom stereocenters. The molecule has 5 aromatic rings. The van der Waals surface area contributed by atoms with Gasteiger partial charge >= 0.3 is 218 Å². The van der Waals surface area contributed by atoms with Crippen molar-refractivity contribution in [3.8, 4) is 11.5 Å². The Balaban J connectivity index is 1.92. The molecule has 4 nitrogen and oxygen atoms in total. The van der Waals surface area contributed by atoms with Gasteiger partial charge in [-0.2, -0.15) is 0 Å². The fraction of sp³-hybridized carbons (Fsp3) is 0. The molecule has 0 fully saturated rings. The fourth-order valence-corrected chi connectivity index (χ4v) is 24.9. The number of para-hydroxylation sites is 2. The van der Waals surface area contributed by atoms with Crippen molar-refractivity contribution in [1.29, 1.82) is 0 Å². The Morgan fingerprint density at radius 3 is 0.892 bits per heavy atom. The van der Waals surface area contributed by atoms with E-state index in [1.54, 1.807) is 48.5 Å². The second kappa shape index (κ2) is 10.5. The van der Waals surface area contributed by atoms with E-state index in [-0.39, 0.29) is 0 Å². The van der Waals surface area contributed by atoms with Crippen LogP contribution >= 0.6 is 0 Å². The SMILES string of the molecule is O=[C](Oc1ccccc1)[Bi]([C](=O)Oc1ccccc1)([c]1ccccc1)([c]1ccccc1)[c]1ccccc1. The van der Waals surface area contributed by atoms with Gasteiger partial charge in [-0.1, -0.05) is 0 Å². The number of hydrogen-bond donors (Lipinski definition) is 0. The molecule has 0 aromatic heterocycles. The van der Waals surface area contributed by atoms with Gasteiger partial charge in [0.05, 0.1) is 0 Å². The quantitative estimate of drug-likeness (QED) is 0.208. The second-order valence-electron chi connectivity index (χ2n) is 8.49. The average Bonchev–Trinajstić information content (AvgIpc) is 2.97. The number of carbonyl (C=O) groups excluding carboxylic acids is 2. The Hall–Kier alpha value is -4.08. The van der Waals surface area contributed by atoms with Crippen molar-refractivity contribution in [2.24, 2.45) is 0 Å². The van der Waals surface area contributed by atoms with Gasteiger partial charge in [0.25, 0.3) is 0 Å². The summed E-state index contributed by atoms with van der Waals surface area (Å²) >= 11 is -6.24. The topological polar surface area (TPSA) is 52.6 Å². The van der Waals surface area contributed by atoms with Crippen molar-refractivity contribution in [3.63, 3.8) is 0 Å². The Morgan fingerprint density at radius 1 is 0.378 bits per heavy atom. The molecular formula is C32H25BiO4. The van der Waals surface area contributed by atoms with Crippen molar-refractivity contribution >= 4 is 36.0 Å². The van der Waals surface area contributed by atoms with E-state index in [4.69, 9.17) is 9.47 Å². The molecule has 0 spiro atoms. The summed E-state index contributed by atoms with van der Waals surface area (Å²) in [6, 6.07) is 45.5. The predicted octanol–water partition coefficient (Wildman–Crippen LogP) is 5.67. The van der Waals surface area contributed by atoms with Gasteiger partial charge in [-0.15, -0.1) is 0 Å². The number of benzene rings is 5. The van der Waals surface area contributed by atoms with Crippen LogP contribution in [-0.4, -0.2) is 26.1 Å².